The quantitative estimate of drug-likeness (QED) is 0.878. The lowest BCUT2D eigenvalue weighted by molar-refractivity contribution is 0.0251. The summed E-state index contributed by atoms with van der Waals surface area (Å²) in [7, 11) is 1.85. The molecule has 0 radical (unpaired) electrons. The van der Waals surface area contributed by atoms with Crippen molar-refractivity contribution >= 4 is 11.6 Å². The van der Waals surface area contributed by atoms with E-state index in [0.29, 0.717) is 17.9 Å². The standard InChI is InChI=1S/C11H18ClN3O/c1-8-10(11(12)15(2)14-8)7-16-9-4-3-5-13-6-9/h9,13H,3-7H2,1-2H3. The highest BCUT2D eigenvalue weighted by atomic mass is 35.5. The van der Waals surface area contributed by atoms with Gasteiger partial charge in [-0.25, -0.2) is 0 Å². The van der Waals surface area contributed by atoms with Crippen LogP contribution < -0.4 is 5.32 Å². The number of halogens is 1. The van der Waals surface area contributed by atoms with Gasteiger partial charge in [0, 0.05) is 19.2 Å². The van der Waals surface area contributed by atoms with Crippen LogP contribution in [0.3, 0.4) is 0 Å². The third-order valence-electron chi connectivity index (χ3n) is 2.98. The molecule has 1 aliphatic rings. The van der Waals surface area contributed by atoms with Crippen LogP contribution in [0.2, 0.25) is 5.15 Å². The topological polar surface area (TPSA) is 39.1 Å². The van der Waals surface area contributed by atoms with E-state index in [0.717, 1.165) is 30.8 Å². The van der Waals surface area contributed by atoms with Crippen molar-refractivity contribution in [2.75, 3.05) is 13.1 Å². The van der Waals surface area contributed by atoms with Crippen LogP contribution in [0.5, 0.6) is 0 Å². The maximum Gasteiger partial charge on any atom is 0.132 e. The summed E-state index contributed by atoms with van der Waals surface area (Å²) in [5, 5.41) is 8.27. The Hall–Kier alpha value is -0.580. The Morgan fingerprint density at radius 1 is 1.62 bits per heavy atom. The van der Waals surface area contributed by atoms with Gasteiger partial charge >= 0.3 is 0 Å². The summed E-state index contributed by atoms with van der Waals surface area (Å²) >= 11 is 6.14. The molecule has 4 nitrogen and oxygen atoms in total. The Morgan fingerprint density at radius 2 is 2.44 bits per heavy atom. The van der Waals surface area contributed by atoms with Crippen LogP contribution in [0.1, 0.15) is 24.1 Å². The second kappa shape index (κ2) is 5.17. The van der Waals surface area contributed by atoms with Gasteiger partial charge < -0.3 is 10.1 Å². The van der Waals surface area contributed by atoms with Crippen molar-refractivity contribution < 1.29 is 4.74 Å². The zero-order valence-corrected chi connectivity index (χ0v) is 10.5. The van der Waals surface area contributed by atoms with Crippen molar-refractivity contribution in [1.82, 2.24) is 15.1 Å². The van der Waals surface area contributed by atoms with E-state index < -0.39 is 0 Å². The molecular weight excluding hydrogens is 226 g/mol. The molecule has 0 bridgehead atoms. The number of aromatic nitrogens is 2. The van der Waals surface area contributed by atoms with Gasteiger partial charge in [-0.05, 0) is 26.3 Å². The maximum atomic E-state index is 6.14. The maximum absolute atomic E-state index is 6.14. The van der Waals surface area contributed by atoms with Crippen molar-refractivity contribution in [3.63, 3.8) is 0 Å². The molecule has 1 N–H and O–H groups in total. The van der Waals surface area contributed by atoms with Crippen LogP contribution >= 0.6 is 11.6 Å². The Balaban J connectivity index is 1.93. The van der Waals surface area contributed by atoms with Crippen molar-refractivity contribution in [2.45, 2.75) is 32.5 Å². The average Bonchev–Trinajstić information content (AvgIpc) is 2.53. The van der Waals surface area contributed by atoms with Gasteiger partial charge in [0.2, 0.25) is 0 Å². The molecule has 90 valence electrons. The van der Waals surface area contributed by atoms with Crippen LogP contribution in [-0.2, 0) is 18.4 Å². The average molecular weight is 244 g/mol. The summed E-state index contributed by atoms with van der Waals surface area (Å²) in [5.74, 6) is 0. The molecule has 1 unspecified atom stereocenters. The smallest absolute Gasteiger partial charge is 0.132 e. The number of aryl methyl sites for hydroxylation is 2. The predicted molar refractivity (Wildman–Crippen MR) is 63.6 cm³/mol. The third-order valence-corrected chi connectivity index (χ3v) is 3.46. The van der Waals surface area contributed by atoms with Crippen molar-refractivity contribution in [3.05, 3.63) is 16.4 Å². The number of rotatable bonds is 3. The molecular formula is C11H18ClN3O. The molecule has 0 spiro atoms. The van der Waals surface area contributed by atoms with Gasteiger partial charge in [-0.2, -0.15) is 5.10 Å². The summed E-state index contributed by atoms with van der Waals surface area (Å²) < 4.78 is 7.53. The van der Waals surface area contributed by atoms with Crippen LogP contribution in [0.25, 0.3) is 0 Å². The summed E-state index contributed by atoms with van der Waals surface area (Å²) in [6.45, 7) is 4.57. The van der Waals surface area contributed by atoms with Gasteiger partial charge in [0.25, 0.3) is 0 Å². The highest BCUT2D eigenvalue weighted by molar-refractivity contribution is 6.30. The molecule has 0 aromatic carbocycles. The zero-order valence-electron chi connectivity index (χ0n) is 9.79. The molecule has 5 heteroatoms. The van der Waals surface area contributed by atoms with Gasteiger partial charge in [-0.1, -0.05) is 11.6 Å². The number of piperidine rings is 1. The summed E-state index contributed by atoms with van der Waals surface area (Å²) in [6, 6.07) is 0. The molecule has 2 rings (SSSR count). The minimum Gasteiger partial charge on any atom is -0.372 e. The molecule has 1 aromatic heterocycles. The van der Waals surface area contributed by atoms with E-state index >= 15 is 0 Å². The van der Waals surface area contributed by atoms with Crippen LogP contribution in [-0.4, -0.2) is 29.0 Å². The van der Waals surface area contributed by atoms with E-state index in [4.69, 9.17) is 16.3 Å². The number of ether oxygens (including phenoxy) is 1. The lowest BCUT2D eigenvalue weighted by atomic mass is 10.1. The molecule has 0 saturated carbocycles. The SMILES string of the molecule is Cc1nn(C)c(Cl)c1COC1CCCNC1. The van der Waals surface area contributed by atoms with Gasteiger partial charge in [0.05, 0.1) is 18.4 Å². The summed E-state index contributed by atoms with van der Waals surface area (Å²) in [6.07, 6.45) is 2.62. The van der Waals surface area contributed by atoms with E-state index in [-0.39, 0.29) is 0 Å². The molecule has 16 heavy (non-hydrogen) atoms. The largest absolute Gasteiger partial charge is 0.372 e. The number of nitrogens with zero attached hydrogens (tertiary/aromatic N) is 2. The van der Waals surface area contributed by atoms with Gasteiger partial charge in [-0.15, -0.1) is 0 Å². The first-order chi connectivity index (χ1) is 7.68. The Kier molecular flexibility index (Phi) is 3.84. The van der Waals surface area contributed by atoms with Crippen LogP contribution in [0.15, 0.2) is 0 Å². The summed E-state index contributed by atoms with van der Waals surface area (Å²) in [5.41, 5.74) is 1.96. The van der Waals surface area contributed by atoms with E-state index in [1.165, 1.54) is 6.42 Å². The van der Waals surface area contributed by atoms with Crippen molar-refractivity contribution in [1.29, 1.82) is 0 Å². The Morgan fingerprint density at radius 3 is 3.00 bits per heavy atom. The molecule has 1 fully saturated rings. The second-order valence-corrected chi connectivity index (χ2v) is 4.62. The Labute approximate surface area is 101 Å². The number of hydrogen-bond acceptors (Lipinski definition) is 3. The fourth-order valence-electron chi connectivity index (χ4n) is 2.00. The first-order valence-electron chi connectivity index (χ1n) is 5.68. The highest BCUT2D eigenvalue weighted by Gasteiger charge is 2.16. The fourth-order valence-corrected chi connectivity index (χ4v) is 2.23. The van der Waals surface area contributed by atoms with E-state index in [1.807, 2.05) is 14.0 Å². The number of nitrogens with one attached hydrogen (secondary N) is 1. The molecule has 1 saturated heterocycles. The molecule has 1 aromatic rings. The monoisotopic (exact) mass is 243 g/mol. The van der Waals surface area contributed by atoms with E-state index in [1.54, 1.807) is 4.68 Å². The highest BCUT2D eigenvalue weighted by Crippen LogP contribution is 2.20. The third kappa shape index (κ3) is 2.56. The minimum atomic E-state index is 0.310. The first-order valence-corrected chi connectivity index (χ1v) is 6.06. The minimum absolute atomic E-state index is 0.310. The molecule has 0 aliphatic carbocycles. The normalized spacial score (nSPS) is 21.3. The van der Waals surface area contributed by atoms with E-state index in [9.17, 15) is 0 Å². The van der Waals surface area contributed by atoms with Crippen molar-refractivity contribution in [2.24, 2.45) is 7.05 Å². The number of hydrogen-bond donors (Lipinski definition) is 1. The molecule has 1 aliphatic heterocycles. The summed E-state index contributed by atoms with van der Waals surface area (Å²) in [4.78, 5) is 0. The lowest BCUT2D eigenvalue weighted by Crippen LogP contribution is -2.35. The fraction of sp³-hybridized carbons (Fsp3) is 0.727. The van der Waals surface area contributed by atoms with E-state index in [2.05, 4.69) is 10.4 Å². The first kappa shape index (κ1) is 11.9. The predicted octanol–water partition coefficient (Wildman–Crippen LogP) is 1.65. The van der Waals surface area contributed by atoms with Gasteiger partial charge in [0.1, 0.15) is 5.15 Å². The lowest BCUT2D eigenvalue weighted by Gasteiger charge is -2.23. The molecule has 2 heterocycles. The Bertz CT molecular complexity index is 358. The molecule has 0 amide bonds. The van der Waals surface area contributed by atoms with Gasteiger partial charge in [0.15, 0.2) is 0 Å². The second-order valence-electron chi connectivity index (χ2n) is 4.26. The van der Waals surface area contributed by atoms with Gasteiger partial charge in [-0.3, -0.25) is 4.68 Å². The zero-order chi connectivity index (χ0) is 11.5. The van der Waals surface area contributed by atoms with Crippen LogP contribution in [0.4, 0.5) is 0 Å². The van der Waals surface area contributed by atoms with Crippen molar-refractivity contribution in [3.8, 4) is 0 Å². The van der Waals surface area contributed by atoms with Crippen LogP contribution in [0, 0.1) is 6.92 Å². The molecule has 1 atom stereocenters.